The van der Waals surface area contributed by atoms with Gasteiger partial charge < -0.3 is 29.1 Å². The fourth-order valence-corrected chi connectivity index (χ4v) is 4.23. The summed E-state index contributed by atoms with van der Waals surface area (Å²) in [5.74, 6) is -0.0131. The van der Waals surface area contributed by atoms with E-state index in [4.69, 9.17) is 14.2 Å². The van der Waals surface area contributed by atoms with Gasteiger partial charge >= 0.3 is 0 Å². The number of ketones is 1. The third kappa shape index (κ3) is 4.39. The standard InChI is InChI=1S/C25H28N2O6/c1-26(2)11-6-12-27-22(17-7-4-5-8-18(17)31-3)21(24(29)25(27)30)23(28)16-9-10-19-20(15-16)33-14-13-32-19/h4-5,7-10,15,22,28H,6,11-14H2,1-3H3/t22-/m0/s1. The van der Waals surface area contributed by atoms with Crippen LogP contribution in [-0.4, -0.2) is 74.1 Å². The summed E-state index contributed by atoms with van der Waals surface area (Å²) >= 11 is 0. The third-order valence-electron chi connectivity index (χ3n) is 5.79. The van der Waals surface area contributed by atoms with E-state index in [1.165, 1.54) is 12.0 Å². The molecule has 0 aromatic heterocycles. The lowest BCUT2D eigenvalue weighted by Crippen LogP contribution is -2.32. The molecule has 2 heterocycles. The molecule has 2 aliphatic heterocycles. The number of amides is 1. The molecule has 0 radical (unpaired) electrons. The van der Waals surface area contributed by atoms with Crippen molar-refractivity contribution in [3.05, 3.63) is 59.2 Å². The van der Waals surface area contributed by atoms with E-state index in [1.54, 1.807) is 24.3 Å². The van der Waals surface area contributed by atoms with Crippen molar-refractivity contribution in [3.8, 4) is 17.2 Å². The van der Waals surface area contributed by atoms with Gasteiger partial charge in [-0.1, -0.05) is 18.2 Å². The molecule has 0 saturated carbocycles. The SMILES string of the molecule is COc1ccccc1[C@H]1C(=C(O)c2ccc3c(c2)OCCO3)C(=O)C(=O)N1CCCN(C)C. The van der Waals surface area contributed by atoms with E-state index in [-0.39, 0.29) is 11.3 Å². The second-order valence-electron chi connectivity index (χ2n) is 8.25. The van der Waals surface area contributed by atoms with Crippen molar-refractivity contribution < 1.29 is 28.9 Å². The van der Waals surface area contributed by atoms with Crippen LogP contribution in [0.15, 0.2) is 48.0 Å². The van der Waals surface area contributed by atoms with Gasteiger partial charge in [-0.3, -0.25) is 9.59 Å². The Bertz CT molecular complexity index is 1090. The summed E-state index contributed by atoms with van der Waals surface area (Å²) in [7, 11) is 5.44. The zero-order chi connectivity index (χ0) is 23.5. The Morgan fingerprint density at radius 1 is 1.12 bits per heavy atom. The van der Waals surface area contributed by atoms with Gasteiger partial charge in [-0.25, -0.2) is 0 Å². The Balaban J connectivity index is 1.82. The smallest absolute Gasteiger partial charge is 0.295 e. The minimum Gasteiger partial charge on any atom is -0.507 e. The maximum Gasteiger partial charge on any atom is 0.295 e. The van der Waals surface area contributed by atoms with Crippen molar-refractivity contribution in [1.82, 2.24) is 9.80 Å². The molecule has 0 unspecified atom stereocenters. The Morgan fingerprint density at radius 2 is 1.85 bits per heavy atom. The maximum atomic E-state index is 13.2. The zero-order valence-corrected chi connectivity index (χ0v) is 19.0. The highest BCUT2D eigenvalue weighted by molar-refractivity contribution is 6.46. The molecule has 174 valence electrons. The minimum absolute atomic E-state index is 0.0334. The molecule has 2 aromatic carbocycles. The summed E-state index contributed by atoms with van der Waals surface area (Å²) in [6.45, 7) is 1.96. The molecule has 4 rings (SSSR count). The molecule has 8 heteroatoms. The monoisotopic (exact) mass is 452 g/mol. The van der Waals surface area contributed by atoms with Crippen molar-refractivity contribution in [3.63, 3.8) is 0 Å². The van der Waals surface area contributed by atoms with Gasteiger partial charge in [0.05, 0.1) is 18.7 Å². The average Bonchev–Trinajstić information content (AvgIpc) is 3.08. The topological polar surface area (TPSA) is 88.5 Å². The summed E-state index contributed by atoms with van der Waals surface area (Å²) in [6.07, 6.45) is 0.676. The largest absolute Gasteiger partial charge is 0.507 e. The van der Waals surface area contributed by atoms with Crippen molar-refractivity contribution >= 4 is 17.4 Å². The zero-order valence-electron chi connectivity index (χ0n) is 19.0. The number of nitrogens with zero attached hydrogens (tertiary/aromatic N) is 2. The summed E-state index contributed by atoms with van der Waals surface area (Å²) in [4.78, 5) is 29.8. The maximum absolute atomic E-state index is 13.2. The van der Waals surface area contributed by atoms with Crippen LogP contribution >= 0.6 is 0 Å². The van der Waals surface area contributed by atoms with Crippen LogP contribution in [0.1, 0.15) is 23.6 Å². The number of hydrogen-bond donors (Lipinski definition) is 1. The minimum atomic E-state index is -0.767. The van der Waals surface area contributed by atoms with Crippen molar-refractivity contribution in [2.24, 2.45) is 0 Å². The van der Waals surface area contributed by atoms with Crippen LogP contribution in [-0.2, 0) is 9.59 Å². The first-order valence-corrected chi connectivity index (χ1v) is 10.9. The van der Waals surface area contributed by atoms with Gasteiger partial charge in [0.25, 0.3) is 11.7 Å². The quantitative estimate of drug-likeness (QED) is 0.393. The van der Waals surface area contributed by atoms with Gasteiger partial charge in [0, 0.05) is 17.7 Å². The number of Topliss-reactive ketones (excluding diaryl/α,β-unsaturated/α-hetero) is 1. The number of rotatable bonds is 7. The highest BCUT2D eigenvalue weighted by atomic mass is 16.6. The van der Waals surface area contributed by atoms with Crippen molar-refractivity contribution in [2.75, 3.05) is 47.5 Å². The lowest BCUT2D eigenvalue weighted by molar-refractivity contribution is -0.140. The molecular formula is C25H28N2O6. The second kappa shape index (κ2) is 9.54. The lowest BCUT2D eigenvalue weighted by Gasteiger charge is -2.27. The number of benzene rings is 2. The van der Waals surface area contributed by atoms with Gasteiger partial charge in [-0.2, -0.15) is 0 Å². The number of hydrogen-bond acceptors (Lipinski definition) is 7. The van der Waals surface area contributed by atoms with Crippen LogP contribution in [0.5, 0.6) is 17.2 Å². The Morgan fingerprint density at radius 3 is 2.58 bits per heavy atom. The first kappa shape index (κ1) is 22.7. The molecule has 1 saturated heterocycles. The number of carbonyl (C=O) groups is 2. The lowest BCUT2D eigenvalue weighted by atomic mass is 9.94. The summed E-state index contributed by atoms with van der Waals surface area (Å²) < 4.78 is 16.7. The molecule has 0 aliphatic carbocycles. The van der Waals surface area contributed by atoms with Crippen LogP contribution < -0.4 is 14.2 Å². The summed E-state index contributed by atoms with van der Waals surface area (Å²) in [6, 6.07) is 11.4. The molecule has 1 atom stereocenters. The van der Waals surface area contributed by atoms with E-state index >= 15 is 0 Å². The van der Waals surface area contributed by atoms with Gasteiger partial charge in [0.2, 0.25) is 0 Å². The van der Waals surface area contributed by atoms with Gasteiger partial charge in [-0.05, 0) is 51.3 Å². The molecule has 0 spiro atoms. The highest BCUT2D eigenvalue weighted by Crippen LogP contribution is 2.43. The molecular weight excluding hydrogens is 424 g/mol. The van der Waals surface area contributed by atoms with Gasteiger partial charge in [0.15, 0.2) is 11.5 Å². The average molecular weight is 453 g/mol. The van der Waals surface area contributed by atoms with Gasteiger partial charge in [0.1, 0.15) is 24.7 Å². The molecule has 8 nitrogen and oxygen atoms in total. The first-order chi connectivity index (χ1) is 15.9. The van der Waals surface area contributed by atoms with Crippen LogP contribution in [0.25, 0.3) is 5.76 Å². The first-order valence-electron chi connectivity index (χ1n) is 10.9. The molecule has 1 amide bonds. The van der Waals surface area contributed by atoms with Crippen molar-refractivity contribution in [1.29, 1.82) is 0 Å². The van der Waals surface area contributed by atoms with E-state index in [2.05, 4.69) is 0 Å². The van der Waals surface area contributed by atoms with Crippen LogP contribution in [0.4, 0.5) is 0 Å². The Kier molecular flexibility index (Phi) is 6.55. The predicted molar refractivity (Wildman–Crippen MR) is 123 cm³/mol. The second-order valence-corrected chi connectivity index (χ2v) is 8.25. The molecule has 0 bridgehead atoms. The number of likely N-dealkylation sites (tertiary alicyclic amines) is 1. The molecule has 33 heavy (non-hydrogen) atoms. The number of fused-ring (bicyclic) bond motifs is 1. The number of aliphatic hydroxyl groups is 1. The number of para-hydroxylation sites is 1. The van der Waals surface area contributed by atoms with Crippen LogP contribution in [0, 0.1) is 0 Å². The van der Waals surface area contributed by atoms with Crippen molar-refractivity contribution in [2.45, 2.75) is 12.5 Å². The third-order valence-corrected chi connectivity index (χ3v) is 5.79. The van der Waals surface area contributed by atoms with E-state index in [9.17, 15) is 14.7 Å². The summed E-state index contributed by atoms with van der Waals surface area (Å²) in [5.41, 5.74) is 1.06. The van der Waals surface area contributed by atoms with Crippen LogP contribution in [0.3, 0.4) is 0 Å². The highest BCUT2D eigenvalue weighted by Gasteiger charge is 2.46. The molecule has 2 aliphatic rings. The number of carbonyl (C=O) groups excluding carboxylic acids is 2. The molecule has 2 aromatic rings. The van der Waals surface area contributed by atoms with E-state index in [1.807, 2.05) is 37.2 Å². The normalized spacial score (nSPS) is 19.3. The molecule has 1 N–H and O–H groups in total. The Hall–Kier alpha value is -3.52. The number of methoxy groups -OCH3 is 1. The summed E-state index contributed by atoms with van der Waals surface area (Å²) in [5, 5.41) is 11.3. The van der Waals surface area contributed by atoms with Crippen LogP contribution in [0.2, 0.25) is 0 Å². The van der Waals surface area contributed by atoms with E-state index in [0.29, 0.717) is 54.6 Å². The molecule has 1 fully saturated rings. The van der Waals surface area contributed by atoms with Gasteiger partial charge in [-0.15, -0.1) is 0 Å². The number of ether oxygens (including phenoxy) is 3. The number of aliphatic hydroxyl groups excluding tert-OH is 1. The fraction of sp³-hybridized carbons (Fsp3) is 0.360. The fourth-order valence-electron chi connectivity index (χ4n) is 4.23. The Labute approximate surface area is 193 Å². The predicted octanol–water partition coefficient (Wildman–Crippen LogP) is 2.84. The van der Waals surface area contributed by atoms with E-state index in [0.717, 1.165) is 6.54 Å². The van der Waals surface area contributed by atoms with E-state index < -0.39 is 17.7 Å².